The van der Waals surface area contributed by atoms with Crippen LogP contribution in [-0.2, 0) is 0 Å². The fourth-order valence-electron chi connectivity index (χ4n) is 2.92. The molecule has 2 aromatic heterocycles. The standard InChI is InChI=1S/C17H16Cl2N6S/c1-11-20-17(26-23-11)15-2-3-16(22-21-15)25-6-4-24(5-7-25)14-9-12(18)8-13(19)10-14/h2-3,8-10H,4-7H2,1H3. The number of aryl methyl sites for hydroxylation is 1. The zero-order valence-corrected chi connectivity index (χ0v) is 16.4. The molecule has 1 fully saturated rings. The highest BCUT2D eigenvalue weighted by molar-refractivity contribution is 7.09. The van der Waals surface area contributed by atoms with Gasteiger partial charge in [0.25, 0.3) is 0 Å². The van der Waals surface area contributed by atoms with E-state index in [9.17, 15) is 0 Å². The highest BCUT2D eigenvalue weighted by atomic mass is 35.5. The number of rotatable bonds is 3. The molecule has 0 atom stereocenters. The molecule has 9 heteroatoms. The average Bonchev–Trinajstić information content (AvgIpc) is 3.08. The third-order valence-corrected chi connectivity index (χ3v) is 5.48. The van der Waals surface area contributed by atoms with E-state index < -0.39 is 0 Å². The van der Waals surface area contributed by atoms with E-state index in [1.165, 1.54) is 11.5 Å². The highest BCUT2D eigenvalue weighted by Crippen LogP contribution is 2.27. The van der Waals surface area contributed by atoms with Crippen molar-refractivity contribution in [2.75, 3.05) is 36.0 Å². The molecular weight excluding hydrogens is 391 g/mol. The molecule has 1 aliphatic heterocycles. The van der Waals surface area contributed by atoms with Gasteiger partial charge in [0, 0.05) is 41.9 Å². The van der Waals surface area contributed by atoms with E-state index in [0.717, 1.165) is 54.2 Å². The first kappa shape index (κ1) is 17.5. The van der Waals surface area contributed by atoms with E-state index in [0.29, 0.717) is 10.0 Å². The smallest absolute Gasteiger partial charge is 0.164 e. The zero-order valence-electron chi connectivity index (χ0n) is 14.1. The van der Waals surface area contributed by atoms with Crippen molar-refractivity contribution in [1.29, 1.82) is 0 Å². The van der Waals surface area contributed by atoms with Crippen LogP contribution in [0, 0.1) is 6.92 Å². The maximum atomic E-state index is 6.11. The summed E-state index contributed by atoms with van der Waals surface area (Å²) in [6.07, 6.45) is 0. The Morgan fingerprint density at radius 1 is 0.923 bits per heavy atom. The molecule has 4 rings (SSSR count). The predicted octanol–water partition coefficient (Wildman–Crippen LogP) is 3.94. The van der Waals surface area contributed by atoms with Crippen molar-refractivity contribution in [2.45, 2.75) is 6.92 Å². The Balaban J connectivity index is 1.43. The molecule has 0 radical (unpaired) electrons. The van der Waals surface area contributed by atoms with Crippen LogP contribution in [-0.4, -0.2) is 45.7 Å². The zero-order chi connectivity index (χ0) is 18.1. The molecule has 1 aliphatic rings. The van der Waals surface area contributed by atoms with Gasteiger partial charge < -0.3 is 9.80 Å². The lowest BCUT2D eigenvalue weighted by molar-refractivity contribution is 0.644. The van der Waals surface area contributed by atoms with E-state index in [2.05, 4.69) is 29.4 Å². The Hall–Kier alpha value is -1.96. The molecule has 0 saturated carbocycles. The van der Waals surface area contributed by atoms with Crippen molar-refractivity contribution in [3.63, 3.8) is 0 Å². The minimum absolute atomic E-state index is 0.656. The number of hydrogen-bond acceptors (Lipinski definition) is 7. The van der Waals surface area contributed by atoms with Crippen LogP contribution in [0.15, 0.2) is 30.3 Å². The number of halogens is 2. The largest absolute Gasteiger partial charge is 0.368 e. The van der Waals surface area contributed by atoms with Crippen molar-refractivity contribution in [1.82, 2.24) is 19.6 Å². The number of piperazine rings is 1. The first-order valence-electron chi connectivity index (χ1n) is 8.19. The van der Waals surface area contributed by atoms with Gasteiger partial charge in [0.15, 0.2) is 10.8 Å². The summed E-state index contributed by atoms with van der Waals surface area (Å²) in [6.45, 7) is 5.33. The van der Waals surface area contributed by atoms with Crippen molar-refractivity contribution in [2.24, 2.45) is 0 Å². The second kappa shape index (κ2) is 7.34. The lowest BCUT2D eigenvalue weighted by Gasteiger charge is -2.36. The molecule has 134 valence electrons. The molecule has 0 bridgehead atoms. The summed E-state index contributed by atoms with van der Waals surface area (Å²) in [4.78, 5) is 8.85. The average molecular weight is 407 g/mol. The Morgan fingerprint density at radius 2 is 1.62 bits per heavy atom. The number of aromatic nitrogens is 4. The Kier molecular flexibility index (Phi) is 4.93. The molecule has 1 aromatic carbocycles. The summed E-state index contributed by atoms with van der Waals surface area (Å²) in [5.41, 5.74) is 1.81. The Morgan fingerprint density at radius 3 is 2.19 bits per heavy atom. The van der Waals surface area contributed by atoms with E-state index in [1.54, 1.807) is 6.07 Å². The van der Waals surface area contributed by atoms with E-state index in [1.807, 2.05) is 31.2 Å². The van der Waals surface area contributed by atoms with Crippen LogP contribution in [0.1, 0.15) is 5.82 Å². The van der Waals surface area contributed by atoms with Gasteiger partial charge in [-0.15, -0.1) is 10.2 Å². The number of nitrogens with zero attached hydrogens (tertiary/aromatic N) is 6. The van der Waals surface area contributed by atoms with Crippen molar-refractivity contribution < 1.29 is 0 Å². The second-order valence-electron chi connectivity index (χ2n) is 6.03. The molecule has 0 amide bonds. The predicted molar refractivity (Wildman–Crippen MR) is 107 cm³/mol. The van der Waals surface area contributed by atoms with Crippen LogP contribution < -0.4 is 9.80 Å². The van der Waals surface area contributed by atoms with E-state index in [4.69, 9.17) is 23.2 Å². The van der Waals surface area contributed by atoms with Gasteiger partial charge in [0.1, 0.15) is 11.5 Å². The van der Waals surface area contributed by atoms with Crippen LogP contribution >= 0.6 is 34.7 Å². The van der Waals surface area contributed by atoms with Gasteiger partial charge in [0.2, 0.25) is 0 Å². The summed E-state index contributed by atoms with van der Waals surface area (Å²) < 4.78 is 4.18. The van der Waals surface area contributed by atoms with Crippen molar-refractivity contribution >= 4 is 46.2 Å². The summed E-state index contributed by atoms with van der Waals surface area (Å²) in [5.74, 6) is 1.63. The topological polar surface area (TPSA) is 58.0 Å². The first-order chi connectivity index (χ1) is 12.6. The minimum atomic E-state index is 0.656. The Labute approximate surface area is 165 Å². The van der Waals surface area contributed by atoms with Gasteiger partial charge >= 0.3 is 0 Å². The fraction of sp³-hybridized carbons (Fsp3) is 0.294. The van der Waals surface area contributed by atoms with Gasteiger partial charge in [-0.1, -0.05) is 23.2 Å². The molecule has 26 heavy (non-hydrogen) atoms. The molecule has 0 aliphatic carbocycles. The van der Waals surface area contributed by atoms with Gasteiger partial charge in [-0.2, -0.15) is 4.37 Å². The number of benzene rings is 1. The maximum Gasteiger partial charge on any atom is 0.164 e. The summed E-state index contributed by atoms with van der Waals surface area (Å²) in [5, 5.41) is 10.8. The van der Waals surface area contributed by atoms with Crippen LogP contribution in [0.25, 0.3) is 10.7 Å². The highest BCUT2D eigenvalue weighted by Gasteiger charge is 2.19. The van der Waals surface area contributed by atoms with Crippen LogP contribution in [0.3, 0.4) is 0 Å². The normalized spacial score (nSPS) is 14.7. The lowest BCUT2D eigenvalue weighted by atomic mass is 10.2. The third-order valence-electron chi connectivity index (χ3n) is 4.21. The van der Waals surface area contributed by atoms with Crippen LogP contribution in [0.4, 0.5) is 11.5 Å². The molecule has 6 nitrogen and oxygen atoms in total. The number of anilines is 2. The van der Waals surface area contributed by atoms with E-state index >= 15 is 0 Å². The second-order valence-corrected chi connectivity index (χ2v) is 7.65. The molecular formula is C17H16Cl2N6S. The van der Waals surface area contributed by atoms with Gasteiger partial charge in [0.05, 0.1) is 0 Å². The van der Waals surface area contributed by atoms with E-state index in [-0.39, 0.29) is 0 Å². The molecule has 3 aromatic rings. The Bertz CT molecular complexity index is 886. The molecule has 0 unspecified atom stereocenters. The molecule has 0 N–H and O–H groups in total. The first-order valence-corrected chi connectivity index (χ1v) is 9.72. The molecule has 0 spiro atoms. The summed E-state index contributed by atoms with van der Waals surface area (Å²) in [6, 6.07) is 9.58. The minimum Gasteiger partial charge on any atom is -0.368 e. The fourth-order valence-corrected chi connectivity index (χ4v) is 4.07. The monoisotopic (exact) mass is 406 g/mol. The van der Waals surface area contributed by atoms with Gasteiger partial charge in [-0.3, -0.25) is 0 Å². The molecule has 3 heterocycles. The van der Waals surface area contributed by atoms with Crippen LogP contribution in [0.5, 0.6) is 0 Å². The maximum absolute atomic E-state index is 6.11. The summed E-state index contributed by atoms with van der Waals surface area (Å²) in [7, 11) is 0. The van der Waals surface area contributed by atoms with Gasteiger partial charge in [-0.05, 0) is 48.8 Å². The van der Waals surface area contributed by atoms with Crippen molar-refractivity contribution in [3.8, 4) is 10.7 Å². The van der Waals surface area contributed by atoms with Crippen molar-refractivity contribution in [3.05, 3.63) is 46.2 Å². The third kappa shape index (κ3) is 3.75. The van der Waals surface area contributed by atoms with Crippen LogP contribution in [0.2, 0.25) is 10.0 Å². The molecule has 1 saturated heterocycles. The lowest BCUT2D eigenvalue weighted by Crippen LogP contribution is -2.46. The SMILES string of the molecule is Cc1nsc(-c2ccc(N3CCN(c4cc(Cl)cc(Cl)c4)CC3)nn2)n1. The number of hydrogen-bond donors (Lipinski definition) is 0. The van der Waals surface area contributed by atoms with Gasteiger partial charge in [-0.25, -0.2) is 4.98 Å². The summed E-state index contributed by atoms with van der Waals surface area (Å²) >= 11 is 13.6. The quantitative estimate of drug-likeness (QED) is 0.656.